The van der Waals surface area contributed by atoms with Crippen LogP contribution in [0.25, 0.3) is 0 Å². The standard InChI is InChI=1S/C15H16Cl2N4O3/c16-9-2-1-8(3-10(9)17)4-19-12-11-5-23-15(24-11)13(14(12)22)21-7-18-6-20-21/h1-3,6-7,11-15,19,22H,4-5H2/t11-,12-,13-,14+,15-/m1/s1. The highest BCUT2D eigenvalue weighted by molar-refractivity contribution is 6.42. The van der Waals surface area contributed by atoms with Crippen molar-refractivity contribution in [3.8, 4) is 0 Å². The Bertz CT molecular complexity index is 715. The van der Waals surface area contributed by atoms with Gasteiger partial charge in [0.05, 0.1) is 28.8 Å². The molecule has 3 heterocycles. The highest BCUT2D eigenvalue weighted by Crippen LogP contribution is 2.35. The van der Waals surface area contributed by atoms with Gasteiger partial charge in [-0.05, 0) is 17.7 Å². The van der Waals surface area contributed by atoms with Crippen molar-refractivity contribution in [2.45, 2.75) is 37.1 Å². The van der Waals surface area contributed by atoms with Gasteiger partial charge in [0, 0.05) is 6.54 Å². The van der Waals surface area contributed by atoms with E-state index in [1.807, 2.05) is 6.07 Å². The first-order valence-electron chi connectivity index (χ1n) is 7.60. The Balaban J connectivity index is 1.50. The second-order valence-electron chi connectivity index (χ2n) is 5.89. The molecule has 2 aromatic rings. The van der Waals surface area contributed by atoms with E-state index >= 15 is 0 Å². The maximum atomic E-state index is 10.8. The molecule has 0 radical (unpaired) electrons. The third kappa shape index (κ3) is 2.92. The van der Waals surface area contributed by atoms with Crippen LogP contribution in [0, 0.1) is 0 Å². The van der Waals surface area contributed by atoms with Gasteiger partial charge in [-0.15, -0.1) is 0 Å². The van der Waals surface area contributed by atoms with Gasteiger partial charge in [-0.3, -0.25) is 0 Å². The van der Waals surface area contributed by atoms with E-state index in [9.17, 15) is 5.11 Å². The van der Waals surface area contributed by atoms with E-state index in [-0.39, 0.29) is 12.1 Å². The van der Waals surface area contributed by atoms with Crippen molar-refractivity contribution < 1.29 is 14.6 Å². The monoisotopic (exact) mass is 370 g/mol. The van der Waals surface area contributed by atoms with E-state index in [4.69, 9.17) is 32.7 Å². The summed E-state index contributed by atoms with van der Waals surface area (Å²) in [5.74, 6) is 0. The van der Waals surface area contributed by atoms with Gasteiger partial charge in [-0.2, -0.15) is 5.10 Å². The molecule has 2 bridgehead atoms. The molecule has 0 amide bonds. The predicted molar refractivity (Wildman–Crippen MR) is 86.8 cm³/mol. The Morgan fingerprint density at radius 1 is 1.33 bits per heavy atom. The number of hydrogen-bond donors (Lipinski definition) is 2. The van der Waals surface area contributed by atoms with E-state index in [2.05, 4.69) is 15.4 Å². The smallest absolute Gasteiger partial charge is 0.183 e. The quantitative estimate of drug-likeness (QED) is 0.846. The molecule has 2 aliphatic heterocycles. The Morgan fingerprint density at radius 2 is 2.21 bits per heavy atom. The molecular formula is C15H16Cl2N4O3. The van der Waals surface area contributed by atoms with Crippen molar-refractivity contribution in [1.82, 2.24) is 20.1 Å². The van der Waals surface area contributed by atoms with Crippen molar-refractivity contribution in [3.63, 3.8) is 0 Å². The zero-order valence-corrected chi connectivity index (χ0v) is 14.1. The molecule has 2 fully saturated rings. The Morgan fingerprint density at radius 3 is 2.96 bits per heavy atom. The minimum Gasteiger partial charge on any atom is -0.389 e. The van der Waals surface area contributed by atoms with Gasteiger partial charge >= 0.3 is 0 Å². The summed E-state index contributed by atoms with van der Waals surface area (Å²) in [5.41, 5.74) is 0.968. The maximum absolute atomic E-state index is 10.8. The lowest BCUT2D eigenvalue weighted by Gasteiger charge is -2.38. The summed E-state index contributed by atoms with van der Waals surface area (Å²) in [4.78, 5) is 3.93. The van der Waals surface area contributed by atoms with Crippen LogP contribution in [0.4, 0.5) is 0 Å². The van der Waals surface area contributed by atoms with Crippen LogP contribution >= 0.6 is 23.2 Å². The molecule has 1 aromatic carbocycles. The lowest BCUT2D eigenvalue weighted by molar-refractivity contribution is -0.168. The molecule has 0 unspecified atom stereocenters. The third-order valence-electron chi connectivity index (χ3n) is 4.40. The van der Waals surface area contributed by atoms with Crippen molar-refractivity contribution in [2.24, 2.45) is 0 Å². The van der Waals surface area contributed by atoms with Crippen LogP contribution in [0.1, 0.15) is 11.6 Å². The van der Waals surface area contributed by atoms with Gasteiger partial charge in [0.1, 0.15) is 24.8 Å². The third-order valence-corrected chi connectivity index (χ3v) is 5.14. The van der Waals surface area contributed by atoms with Crippen molar-refractivity contribution in [2.75, 3.05) is 6.61 Å². The Kier molecular flexibility index (Phi) is 4.46. The number of halogens is 2. The molecule has 0 saturated carbocycles. The molecule has 24 heavy (non-hydrogen) atoms. The minimum atomic E-state index is -0.722. The van der Waals surface area contributed by atoms with Gasteiger partial charge in [-0.25, -0.2) is 9.67 Å². The largest absolute Gasteiger partial charge is 0.389 e. The number of aliphatic hydroxyl groups is 1. The summed E-state index contributed by atoms with van der Waals surface area (Å²) in [6.45, 7) is 0.944. The van der Waals surface area contributed by atoms with E-state index in [1.54, 1.807) is 23.1 Å². The summed E-state index contributed by atoms with van der Waals surface area (Å²) < 4.78 is 13.1. The number of aliphatic hydroxyl groups excluding tert-OH is 1. The normalized spacial score (nSPS) is 32.2. The van der Waals surface area contributed by atoms with E-state index in [0.717, 1.165) is 5.56 Å². The minimum absolute atomic E-state index is 0.215. The first-order chi connectivity index (χ1) is 11.6. The number of ether oxygens (including phenoxy) is 2. The van der Waals surface area contributed by atoms with Crippen molar-refractivity contribution >= 4 is 23.2 Å². The molecule has 4 rings (SSSR count). The van der Waals surface area contributed by atoms with Crippen LogP contribution in [0.15, 0.2) is 30.9 Å². The molecule has 0 aliphatic carbocycles. The molecule has 2 N–H and O–H groups in total. The summed E-state index contributed by atoms with van der Waals surface area (Å²) in [5, 5.41) is 19.3. The lowest BCUT2D eigenvalue weighted by Crippen LogP contribution is -2.57. The number of rotatable bonds is 4. The van der Waals surface area contributed by atoms with E-state index in [1.165, 1.54) is 6.33 Å². The summed E-state index contributed by atoms with van der Waals surface area (Å²) in [6, 6.07) is 4.70. The first kappa shape index (κ1) is 16.3. The van der Waals surface area contributed by atoms with Gasteiger partial charge in [0.25, 0.3) is 0 Å². The number of nitrogens with zero attached hydrogens (tertiary/aromatic N) is 3. The molecule has 1 aromatic heterocycles. The number of hydrogen-bond acceptors (Lipinski definition) is 6. The molecule has 2 aliphatic rings. The topological polar surface area (TPSA) is 81.4 Å². The second-order valence-corrected chi connectivity index (χ2v) is 6.70. The summed E-state index contributed by atoms with van der Waals surface area (Å²) in [6.07, 6.45) is 1.52. The van der Waals surface area contributed by atoms with Gasteiger partial charge in [0.15, 0.2) is 6.29 Å². The second kappa shape index (κ2) is 6.59. The molecule has 5 atom stereocenters. The lowest BCUT2D eigenvalue weighted by atomic mass is 9.96. The number of fused-ring (bicyclic) bond motifs is 2. The zero-order valence-electron chi connectivity index (χ0n) is 12.5. The van der Waals surface area contributed by atoms with Crippen LogP contribution in [0.3, 0.4) is 0 Å². The fourth-order valence-electron chi connectivity index (χ4n) is 3.19. The van der Waals surface area contributed by atoms with Gasteiger partial charge in [-0.1, -0.05) is 29.3 Å². The molecule has 2 saturated heterocycles. The fourth-order valence-corrected chi connectivity index (χ4v) is 3.51. The average molecular weight is 371 g/mol. The predicted octanol–water partition coefficient (Wildman–Crippen LogP) is 1.40. The SMILES string of the molecule is O[C@H]1[C@H](NCc2ccc(Cl)c(Cl)c2)[C@H]2CO[C@H](O2)[C@@H]1n1cncn1. The molecule has 7 nitrogen and oxygen atoms in total. The Labute approximate surface area is 148 Å². The fraction of sp³-hybridized carbons (Fsp3) is 0.467. The zero-order chi connectivity index (χ0) is 16.7. The molecular weight excluding hydrogens is 355 g/mol. The van der Waals surface area contributed by atoms with Crippen LogP contribution in [-0.4, -0.2) is 51.0 Å². The average Bonchev–Trinajstić information content (AvgIpc) is 3.22. The summed E-state index contributed by atoms with van der Waals surface area (Å²) >= 11 is 12.0. The number of aromatic nitrogens is 3. The molecule has 128 valence electrons. The van der Waals surface area contributed by atoms with Gasteiger partial charge in [0.2, 0.25) is 0 Å². The van der Waals surface area contributed by atoms with E-state index < -0.39 is 18.4 Å². The van der Waals surface area contributed by atoms with Crippen molar-refractivity contribution in [1.29, 1.82) is 0 Å². The maximum Gasteiger partial charge on any atom is 0.183 e. The first-order valence-corrected chi connectivity index (χ1v) is 8.35. The molecule has 0 spiro atoms. The highest BCUT2D eigenvalue weighted by atomic mass is 35.5. The summed E-state index contributed by atoms with van der Waals surface area (Å²) in [7, 11) is 0. The van der Waals surface area contributed by atoms with Gasteiger partial charge < -0.3 is 19.9 Å². The Hall–Kier alpha value is -1.22. The van der Waals surface area contributed by atoms with Crippen LogP contribution in [0.2, 0.25) is 10.0 Å². The molecule has 9 heteroatoms. The van der Waals surface area contributed by atoms with Crippen LogP contribution in [0.5, 0.6) is 0 Å². The van der Waals surface area contributed by atoms with Crippen LogP contribution < -0.4 is 5.32 Å². The number of nitrogens with one attached hydrogen (secondary N) is 1. The highest BCUT2D eigenvalue weighted by Gasteiger charge is 2.51. The van der Waals surface area contributed by atoms with Crippen molar-refractivity contribution in [3.05, 3.63) is 46.5 Å². The van der Waals surface area contributed by atoms with E-state index in [0.29, 0.717) is 23.2 Å². The number of benzene rings is 1. The van der Waals surface area contributed by atoms with Crippen LogP contribution in [-0.2, 0) is 16.0 Å².